The van der Waals surface area contributed by atoms with Crippen molar-refractivity contribution in [3.8, 4) is 6.07 Å². The van der Waals surface area contributed by atoms with Crippen molar-refractivity contribution in [2.45, 2.75) is 56.9 Å². The standard InChI is InChI=1S/C23H29N5O4/c24-14-6-16-27(18-8-2-1-3-9-18)20(30)11-10-19(29)25-15-7-17-28-21(31)23(26-22(28)32)12-4-5-13-23/h1-3,8-9H,4-7,10-13,15-17H2,(H,25,29)(H,26,32). The van der Waals surface area contributed by atoms with Crippen LogP contribution in [-0.2, 0) is 14.4 Å². The summed E-state index contributed by atoms with van der Waals surface area (Å²) in [4.78, 5) is 52.3. The highest BCUT2D eigenvalue weighted by Gasteiger charge is 2.51. The SMILES string of the molecule is N#CCCN(C(=O)CCC(=O)NCCCN1C(=O)NC2(CCCC2)C1=O)c1ccccc1. The molecule has 1 aromatic carbocycles. The maximum atomic E-state index is 12.6. The summed E-state index contributed by atoms with van der Waals surface area (Å²) in [5, 5.41) is 14.4. The van der Waals surface area contributed by atoms with Crippen LogP contribution in [0.2, 0.25) is 0 Å². The fraction of sp³-hybridized carbons (Fsp3) is 0.522. The number of para-hydroxylation sites is 1. The predicted octanol–water partition coefficient (Wildman–Crippen LogP) is 2.08. The number of nitrogens with zero attached hydrogens (tertiary/aromatic N) is 3. The number of urea groups is 1. The molecule has 0 unspecified atom stereocenters. The second-order valence-corrected chi connectivity index (χ2v) is 8.17. The maximum absolute atomic E-state index is 12.6. The fourth-order valence-corrected chi connectivity index (χ4v) is 4.27. The molecule has 1 aliphatic carbocycles. The quantitative estimate of drug-likeness (QED) is 0.427. The van der Waals surface area contributed by atoms with Crippen molar-refractivity contribution in [1.82, 2.24) is 15.5 Å². The molecule has 2 aliphatic rings. The molecule has 0 radical (unpaired) electrons. The van der Waals surface area contributed by atoms with Gasteiger partial charge in [0.25, 0.3) is 5.91 Å². The van der Waals surface area contributed by atoms with Gasteiger partial charge in [-0.15, -0.1) is 0 Å². The molecular weight excluding hydrogens is 410 g/mol. The van der Waals surface area contributed by atoms with E-state index >= 15 is 0 Å². The molecule has 0 atom stereocenters. The summed E-state index contributed by atoms with van der Waals surface area (Å²) in [6.07, 6.45) is 3.97. The molecular formula is C23H29N5O4. The Balaban J connectivity index is 1.39. The van der Waals surface area contributed by atoms with Crippen LogP contribution in [-0.4, -0.2) is 53.8 Å². The Morgan fingerprint density at radius 1 is 1.16 bits per heavy atom. The molecule has 0 aromatic heterocycles. The third-order valence-electron chi connectivity index (χ3n) is 5.97. The van der Waals surface area contributed by atoms with Crippen LogP contribution in [0.3, 0.4) is 0 Å². The second kappa shape index (κ2) is 10.8. The summed E-state index contributed by atoms with van der Waals surface area (Å²) >= 11 is 0. The van der Waals surface area contributed by atoms with Crippen LogP contribution >= 0.6 is 0 Å². The van der Waals surface area contributed by atoms with E-state index in [1.807, 2.05) is 24.3 Å². The average Bonchev–Trinajstić information content (AvgIpc) is 3.36. The Morgan fingerprint density at radius 2 is 1.88 bits per heavy atom. The van der Waals surface area contributed by atoms with E-state index in [0.29, 0.717) is 31.5 Å². The van der Waals surface area contributed by atoms with E-state index < -0.39 is 5.54 Å². The average molecular weight is 440 g/mol. The van der Waals surface area contributed by atoms with Crippen molar-refractivity contribution in [3.63, 3.8) is 0 Å². The highest BCUT2D eigenvalue weighted by atomic mass is 16.2. The Bertz CT molecular complexity index is 889. The number of benzene rings is 1. The largest absolute Gasteiger partial charge is 0.356 e. The smallest absolute Gasteiger partial charge is 0.325 e. The van der Waals surface area contributed by atoms with Gasteiger partial charge in [-0.3, -0.25) is 19.3 Å². The molecule has 170 valence electrons. The van der Waals surface area contributed by atoms with Crippen LogP contribution in [0.1, 0.15) is 51.4 Å². The molecule has 1 saturated carbocycles. The van der Waals surface area contributed by atoms with Crippen molar-refractivity contribution >= 4 is 29.4 Å². The van der Waals surface area contributed by atoms with Crippen LogP contribution in [0.5, 0.6) is 0 Å². The molecule has 2 N–H and O–H groups in total. The number of amides is 5. The number of hydrogen-bond acceptors (Lipinski definition) is 5. The number of carbonyl (C=O) groups is 4. The molecule has 5 amide bonds. The van der Waals surface area contributed by atoms with E-state index in [4.69, 9.17) is 5.26 Å². The van der Waals surface area contributed by atoms with Gasteiger partial charge < -0.3 is 15.5 Å². The van der Waals surface area contributed by atoms with E-state index in [0.717, 1.165) is 12.8 Å². The van der Waals surface area contributed by atoms with Crippen molar-refractivity contribution in [3.05, 3.63) is 30.3 Å². The van der Waals surface area contributed by atoms with Gasteiger partial charge in [-0.2, -0.15) is 5.26 Å². The molecule has 9 nitrogen and oxygen atoms in total. The van der Waals surface area contributed by atoms with Gasteiger partial charge in [0.15, 0.2) is 0 Å². The molecule has 1 aliphatic heterocycles. The van der Waals surface area contributed by atoms with Crippen LogP contribution in [0, 0.1) is 11.3 Å². The van der Waals surface area contributed by atoms with Gasteiger partial charge in [0.1, 0.15) is 5.54 Å². The van der Waals surface area contributed by atoms with Gasteiger partial charge in [0, 0.05) is 38.2 Å². The Morgan fingerprint density at radius 3 is 2.56 bits per heavy atom. The van der Waals surface area contributed by atoms with Crippen molar-refractivity contribution in [2.24, 2.45) is 0 Å². The lowest BCUT2D eigenvalue weighted by Gasteiger charge is -2.21. The highest BCUT2D eigenvalue weighted by molar-refractivity contribution is 6.07. The summed E-state index contributed by atoms with van der Waals surface area (Å²) in [7, 11) is 0. The van der Waals surface area contributed by atoms with E-state index in [2.05, 4.69) is 10.6 Å². The number of nitrogens with one attached hydrogen (secondary N) is 2. The van der Waals surface area contributed by atoms with Gasteiger partial charge in [0.2, 0.25) is 11.8 Å². The van der Waals surface area contributed by atoms with Gasteiger partial charge in [0.05, 0.1) is 12.5 Å². The Kier molecular flexibility index (Phi) is 7.82. The maximum Gasteiger partial charge on any atom is 0.325 e. The number of nitriles is 1. The molecule has 1 heterocycles. The van der Waals surface area contributed by atoms with Crippen LogP contribution < -0.4 is 15.5 Å². The summed E-state index contributed by atoms with van der Waals surface area (Å²) in [6, 6.07) is 10.7. The number of carbonyl (C=O) groups excluding carboxylic acids is 4. The molecule has 9 heteroatoms. The molecule has 2 fully saturated rings. The van der Waals surface area contributed by atoms with Gasteiger partial charge in [-0.1, -0.05) is 31.0 Å². The lowest BCUT2D eigenvalue weighted by atomic mass is 9.98. The van der Waals surface area contributed by atoms with Crippen LogP contribution in [0.4, 0.5) is 10.5 Å². The minimum absolute atomic E-state index is 0.0287. The third kappa shape index (κ3) is 5.44. The minimum atomic E-state index is -0.711. The van der Waals surface area contributed by atoms with E-state index in [1.54, 1.807) is 12.1 Å². The summed E-state index contributed by atoms with van der Waals surface area (Å²) in [5.41, 5.74) is -0.0154. The monoisotopic (exact) mass is 439 g/mol. The zero-order valence-electron chi connectivity index (χ0n) is 18.1. The first-order valence-corrected chi connectivity index (χ1v) is 11.1. The highest BCUT2D eigenvalue weighted by Crippen LogP contribution is 2.34. The van der Waals surface area contributed by atoms with E-state index in [-0.39, 0.29) is 56.1 Å². The topological polar surface area (TPSA) is 123 Å². The molecule has 1 spiro atoms. The number of anilines is 1. The molecule has 0 bridgehead atoms. The molecule has 1 aromatic rings. The van der Waals surface area contributed by atoms with Crippen LogP contribution in [0.25, 0.3) is 0 Å². The first kappa shape index (κ1) is 23.3. The number of rotatable bonds is 10. The summed E-state index contributed by atoms with van der Waals surface area (Å²) in [6.45, 7) is 0.837. The number of hydrogen-bond donors (Lipinski definition) is 2. The zero-order chi connectivity index (χ0) is 23.0. The second-order valence-electron chi connectivity index (χ2n) is 8.17. The molecule has 32 heavy (non-hydrogen) atoms. The first-order valence-electron chi connectivity index (χ1n) is 11.1. The van der Waals surface area contributed by atoms with Crippen molar-refractivity contribution in [2.75, 3.05) is 24.5 Å². The number of imide groups is 1. The predicted molar refractivity (Wildman–Crippen MR) is 117 cm³/mol. The summed E-state index contributed by atoms with van der Waals surface area (Å²) in [5.74, 6) is -0.644. The zero-order valence-corrected chi connectivity index (χ0v) is 18.1. The van der Waals surface area contributed by atoms with E-state index in [9.17, 15) is 19.2 Å². The lowest BCUT2D eigenvalue weighted by molar-refractivity contribution is -0.131. The summed E-state index contributed by atoms with van der Waals surface area (Å²) < 4.78 is 0. The molecule has 3 rings (SSSR count). The van der Waals surface area contributed by atoms with E-state index in [1.165, 1.54) is 9.80 Å². The Hall–Kier alpha value is -3.41. The van der Waals surface area contributed by atoms with Gasteiger partial charge in [-0.25, -0.2) is 4.79 Å². The van der Waals surface area contributed by atoms with Gasteiger partial charge in [-0.05, 0) is 31.4 Å². The molecule has 1 saturated heterocycles. The minimum Gasteiger partial charge on any atom is -0.356 e. The van der Waals surface area contributed by atoms with Crippen LogP contribution in [0.15, 0.2) is 30.3 Å². The van der Waals surface area contributed by atoms with Crippen molar-refractivity contribution < 1.29 is 19.2 Å². The third-order valence-corrected chi connectivity index (χ3v) is 5.97. The van der Waals surface area contributed by atoms with Gasteiger partial charge >= 0.3 is 6.03 Å². The normalized spacial score (nSPS) is 16.7. The first-order chi connectivity index (χ1) is 15.5. The lowest BCUT2D eigenvalue weighted by Crippen LogP contribution is -2.44. The fourth-order valence-electron chi connectivity index (χ4n) is 4.27. The van der Waals surface area contributed by atoms with Crippen molar-refractivity contribution in [1.29, 1.82) is 5.26 Å². The Labute approximate surface area is 187 Å².